The molecule has 0 aliphatic carbocycles. The monoisotopic (exact) mass is 272 g/mol. The normalized spacial score (nSPS) is 11.4. The lowest BCUT2D eigenvalue weighted by Crippen LogP contribution is -2.41. The van der Waals surface area contributed by atoms with Gasteiger partial charge in [0, 0.05) is 25.7 Å². The van der Waals surface area contributed by atoms with Crippen LogP contribution in [0.25, 0.3) is 0 Å². The molecule has 0 aliphatic heterocycles. The van der Waals surface area contributed by atoms with Gasteiger partial charge in [-0.2, -0.15) is 0 Å². The van der Waals surface area contributed by atoms with E-state index in [1.165, 1.54) is 6.07 Å². The van der Waals surface area contributed by atoms with E-state index in [0.29, 0.717) is 18.7 Å². The van der Waals surface area contributed by atoms with Gasteiger partial charge in [-0.3, -0.25) is 4.79 Å². The molecule has 1 amide bonds. The van der Waals surface area contributed by atoms with Crippen molar-refractivity contribution in [3.05, 3.63) is 34.6 Å². The fraction of sp³-hybridized carbons (Fsp3) is 0.462. The Morgan fingerprint density at radius 1 is 1.44 bits per heavy atom. The van der Waals surface area contributed by atoms with Crippen LogP contribution in [0.4, 0.5) is 4.39 Å². The van der Waals surface area contributed by atoms with Crippen LogP contribution < -0.4 is 10.6 Å². The Hall–Kier alpha value is -1.13. The molecule has 0 radical (unpaired) electrons. The van der Waals surface area contributed by atoms with Crippen molar-refractivity contribution in [2.24, 2.45) is 5.41 Å². The van der Waals surface area contributed by atoms with E-state index < -0.39 is 11.2 Å². The number of hydrogen-bond donors (Lipinski definition) is 2. The zero-order valence-electron chi connectivity index (χ0n) is 10.8. The third kappa shape index (κ3) is 3.68. The number of nitrogens with one attached hydrogen (secondary N) is 2. The molecule has 1 aromatic carbocycles. The molecule has 0 saturated carbocycles. The van der Waals surface area contributed by atoms with Crippen LogP contribution in [-0.2, 0) is 11.3 Å². The molecule has 0 fully saturated rings. The van der Waals surface area contributed by atoms with Crippen molar-refractivity contribution >= 4 is 17.5 Å². The average molecular weight is 273 g/mol. The van der Waals surface area contributed by atoms with Crippen molar-refractivity contribution < 1.29 is 9.18 Å². The third-order valence-electron chi connectivity index (χ3n) is 2.76. The summed E-state index contributed by atoms with van der Waals surface area (Å²) in [6.07, 6.45) is 0. The molecule has 3 nitrogen and oxygen atoms in total. The highest BCUT2D eigenvalue weighted by atomic mass is 35.5. The first-order valence-corrected chi connectivity index (χ1v) is 6.12. The Morgan fingerprint density at radius 2 is 2.11 bits per heavy atom. The standard InChI is InChI=1S/C13H18ClFN2O/c1-13(2,12(18)16-3)8-17-7-9-5-4-6-10(14)11(9)15/h4-6,17H,7-8H2,1-3H3,(H,16,18). The van der Waals surface area contributed by atoms with Crippen molar-refractivity contribution in [3.8, 4) is 0 Å². The van der Waals surface area contributed by atoms with Crippen LogP contribution in [0.5, 0.6) is 0 Å². The summed E-state index contributed by atoms with van der Waals surface area (Å²) in [6, 6.07) is 4.88. The van der Waals surface area contributed by atoms with E-state index in [0.717, 1.165) is 0 Å². The Kier molecular flexibility index (Phi) is 5.11. The summed E-state index contributed by atoms with van der Waals surface area (Å²) in [7, 11) is 1.60. The first-order chi connectivity index (χ1) is 8.38. The second-order valence-corrected chi connectivity index (χ2v) is 5.19. The fourth-order valence-electron chi connectivity index (χ4n) is 1.61. The Morgan fingerprint density at radius 3 is 2.72 bits per heavy atom. The maximum absolute atomic E-state index is 13.6. The predicted molar refractivity (Wildman–Crippen MR) is 71.0 cm³/mol. The third-order valence-corrected chi connectivity index (χ3v) is 3.05. The van der Waals surface area contributed by atoms with Gasteiger partial charge in [0.25, 0.3) is 0 Å². The molecule has 5 heteroatoms. The molecule has 0 saturated heterocycles. The number of carbonyl (C=O) groups is 1. The van der Waals surface area contributed by atoms with Crippen LogP contribution in [-0.4, -0.2) is 19.5 Å². The van der Waals surface area contributed by atoms with Crippen molar-refractivity contribution in [1.82, 2.24) is 10.6 Å². The number of rotatable bonds is 5. The van der Waals surface area contributed by atoms with E-state index in [-0.39, 0.29) is 10.9 Å². The molecule has 0 aromatic heterocycles. The Labute approximate surface area is 112 Å². The van der Waals surface area contributed by atoms with Gasteiger partial charge >= 0.3 is 0 Å². The highest BCUT2D eigenvalue weighted by molar-refractivity contribution is 6.30. The molecule has 1 rings (SSSR count). The van der Waals surface area contributed by atoms with E-state index >= 15 is 0 Å². The quantitative estimate of drug-likeness (QED) is 0.864. The van der Waals surface area contributed by atoms with Gasteiger partial charge in [0.05, 0.1) is 10.4 Å². The Bertz CT molecular complexity index is 435. The summed E-state index contributed by atoms with van der Waals surface area (Å²) < 4.78 is 13.6. The molecule has 0 aliphatic rings. The number of halogens is 2. The number of hydrogen-bond acceptors (Lipinski definition) is 2. The van der Waals surface area contributed by atoms with E-state index in [4.69, 9.17) is 11.6 Å². The molecule has 0 unspecified atom stereocenters. The molecule has 0 bridgehead atoms. The molecular formula is C13H18ClFN2O. The van der Waals surface area contributed by atoms with E-state index in [2.05, 4.69) is 10.6 Å². The van der Waals surface area contributed by atoms with Gasteiger partial charge in [0.2, 0.25) is 5.91 Å². The van der Waals surface area contributed by atoms with Gasteiger partial charge in [-0.1, -0.05) is 23.7 Å². The summed E-state index contributed by atoms with van der Waals surface area (Å²) in [6.45, 7) is 4.45. The van der Waals surface area contributed by atoms with Crippen LogP contribution in [0.15, 0.2) is 18.2 Å². The van der Waals surface area contributed by atoms with Gasteiger partial charge in [0.1, 0.15) is 5.82 Å². The van der Waals surface area contributed by atoms with Crippen LogP contribution in [0.3, 0.4) is 0 Å². The van der Waals surface area contributed by atoms with Crippen molar-refractivity contribution in [3.63, 3.8) is 0 Å². The minimum Gasteiger partial charge on any atom is -0.359 e. The van der Waals surface area contributed by atoms with Gasteiger partial charge < -0.3 is 10.6 Å². The fourth-order valence-corrected chi connectivity index (χ4v) is 1.81. The van der Waals surface area contributed by atoms with E-state index in [1.807, 2.05) is 13.8 Å². The summed E-state index contributed by atoms with van der Waals surface area (Å²) in [5.74, 6) is -0.467. The largest absolute Gasteiger partial charge is 0.359 e. The van der Waals surface area contributed by atoms with Gasteiger partial charge in [-0.25, -0.2) is 4.39 Å². The zero-order chi connectivity index (χ0) is 13.8. The van der Waals surface area contributed by atoms with Gasteiger partial charge in [-0.05, 0) is 19.9 Å². The van der Waals surface area contributed by atoms with Crippen LogP contribution in [0.1, 0.15) is 19.4 Å². The summed E-state index contributed by atoms with van der Waals surface area (Å²) in [5.41, 5.74) is -0.0423. The second kappa shape index (κ2) is 6.16. The topological polar surface area (TPSA) is 41.1 Å². The molecule has 0 spiro atoms. The van der Waals surface area contributed by atoms with Crippen LogP contribution in [0.2, 0.25) is 5.02 Å². The molecule has 18 heavy (non-hydrogen) atoms. The lowest BCUT2D eigenvalue weighted by molar-refractivity contribution is -0.128. The first-order valence-electron chi connectivity index (χ1n) is 5.74. The lowest BCUT2D eigenvalue weighted by atomic mass is 9.92. The van der Waals surface area contributed by atoms with Crippen molar-refractivity contribution in [1.29, 1.82) is 0 Å². The average Bonchev–Trinajstić information content (AvgIpc) is 2.33. The highest BCUT2D eigenvalue weighted by Crippen LogP contribution is 2.18. The molecular weight excluding hydrogens is 255 g/mol. The SMILES string of the molecule is CNC(=O)C(C)(C)CNCc1cccc(Cl)c1F. The predicted octanol–water partition coefficient (Wildman–Crippen LogP) is 2.34. The number of carbonyl (C=O) groups excluding carboxylic acids is 1. The molecule has 1 aromatic rings. The first kappa shape index (κ1) is 14.9. The lowest BCUT2D eigenvalue weighted by Gasteiger charge is -2.23. The molecule has 2 N–H and O–H groups in total. The summed E-state index contributed by atoms with van der Waals surface area (Å²) >= 11 is 5.69. The maximum atomic E-state index is 13.6. The summed E-state index contributed by atoms with van der Waals surface area (Å²) in [4.78, 5) is 11.6. The van der Waals surface area contributed by atoms with Crippen LogP contribution >= 0.6 is 11.6 Å². The molecule has 0 atom stereocenters. The van der Waals surface area contributed by atoms with Crippen LogP contribution in [0, 0.1) is 11.2 Å². The maximum Gasteiger partial charge on any atom is 0.226 e. The summed E-state index contributed by atoms with van der Waals surface area (Å²) in [5, 5.41) is 5.78. The molecule has 0 heterocycles. The second-order valence-electron chi connectivity index (χ2n) is 4.78. The number of amides is 1. The zero-order valence-corrected chi connectivity index (χ0v) is 11.6. The minimum atomic E-state index is -0.538. The van der Waals surface area contributed by atoms with Crippen molar-refractivity contribution in [2.75, 3.05) is 13.6 Å². The van der Waals surface area contributed by atoms with Gasteiger partial charge in [-0.15, -0.1) is 0 Å². The van der Waals surface area contributed by atoms with Crippen molar-refractivity contribution in [2.45, 2.75) is 20.4 Å². The smallest absolute Gasteiger partial charge is 0.226 e. The molecule has 100 valence electrons. The number of benzene rings is 1. The highest BCUT2D eigenvalue weighted by Gasteiger charge is 2.25. The minimum absolute atomic E-state index is 0.0541. The van der Waals surface area contributed by atoms with E-state index in [1.54, 1.807) is 19.2 Å². The Balaban J connectivity index is 2.57. The van der Waals surface area contributed by atoms with E-state index in [9.17, 15) is 9.18 Å². The van der Waals surface area contributed by atoms with Gasteiger partial charge in [0.15, 0.2) is 0 Å².